The number of hydrogen-bond donors (Lipinski definition) is 0. The lowest BCUT2D eigenvalue weighted by Crippen LogP contribution is -2.31. The number of nitroso groups, excluding NO2 is 1. The van der Waals surface area contributed by atoms with Crippen molar-refractivity contribution in [2.75, 3.05) is 6.54 Å². The fraction of sp³-hybridized carbons (Fsp3) is 0.917. The molecule has 7 rings (SSSR count). The van der Waals surface area contributed by atoms with E-state index in [1.165, 1.54) is 61.2 Å². The first-order valence-electron chi connectivity index (χ1n) is 11.7. The molecule has 0 saturated heterocycles. The Hall–Kier alpha value is -0.660. The molecule has 0 radical (unpaired) electrons. The van der Waals surface area contributed by atoms with Crippen LogP contribution in [0.5, 0.6) is 0 Å². The Kier molecular flexibility index (Phi) is 2.85. The van der Waals surface area contributed by atoms with Gasteiger partial charge in [-0.1, -0.05) is 23.7 Å². The van der Waals surface area contributed by atoms with Crippen molar-refractivity contribution in [3.05, 3.63) is 16.6 Å². The maximum atomic E-state index is 11.0. The molecule has 2 nitrogen and oxygen atoms in total. The highest BCUT2D eigenvalue weighted by molar-refractivity contribution is 5.27. The van der Waals surface area contributed by atoms with E-state index in [-0.39, 0.29) is 5.41 Å². The summed E-state index contributed by atoms with van der Waals surface area (Å²) in [5.74, 6) is 12.1. The summed E-state index contributed by atoms with van der Waals surface area (Å²) in [5, 5.41) is 3.33. The highest BCUT2D eigenvalue weighted by Crippen LogP contribution is 2.84. The second kappa shape index (κ2) is 4.84. The van der Waals surface area contributed by atoms with Crippen molar-refractivity contribution in [2.24, 2.45) is 75.7 Å². The zero-order valence-corrected chi connectivity index (χ0v) is 16.1. The van der Waals surface area contributed by atoms with Crippen LogP contribution in [-0.2, 0) is 0 Å². The average Bonchev–Trinajstić information content (AvgIpc) is 3.47. The number of fused-ring (bicyclic) bond motifs is 7. The molecule has 0 amide bonds. The van der Waals surface area contributed by atoms with Gasteiger partial charge in [0, 0.05) is 5.41 Å². The van der Waals surface area contributed by atoms with Gasteiger partial charge in [-0.3, -0.25) is 0 Å². The molecule has 26 heavy (non-hydrogen) atoms. The smallest absolute Gasteiger partial charge is 0.0873 e. The molecule has 0 heterocycles. The third-order valence-electron chi connectivity index (χ3n) is 10.9. The number of hydrogen-bond acceptors (Lipinski definition) is 2. The van der Waals surface area contributed by atoms with E-state index in [2.05, 4.69) is 18.2 Å². The SMILES string of the molecule is CC1(CN=O)CC=C2CCC3CC4C5C6CC6C6C(CC3CCC21)C6C45. The lowest BCUT2D eigenvalue weighted by Gasteiger charge is -2.38. The lowest BCUT2D eigenvalue weighted by atomic mass is 9.67. The third kappa shape index (κ3) is 1.85. The maximum absolute atomic E-state index is 11.0. The van der Waals surface area contributed by atoms with E-state index < -0.39 is 0 Å². The molecule has 7 aliphatic rings. The molecule has 12 atom stereocenters. The highest BCUT2D eigenvalue weighted by atomic mass is 16.3. The van der Waals surface area contributed by atoms with Gasteiger partial charge in [0.15, 0.2) is 0 Å². The summed E-state index contributed by atoms with van der Waals surface area (Å²) in [6.45, 7) is 2.85. The minimum atomic E-state index is 0.134. The second-order valence-corrected chi connectivity index (χ2v) is 11.8. The second-order valence-electron chi connectivity index (χ2n) is 11.8. The van der Waals surface area contributed by atoms with E-state index in [9.17, 15) is 4.91 Å². The first-order chi connectivity index (χ1) is 12.7. The van der Waals surface area contributed by atoms with E-state index in [1.54, 1.807) is 24.8 Å². The van der Waals surface area contributed by atoms with Crippen molar-refractivity contribution in [3.8, 4) is 0 Å². The topological polar surface area (TPSA) is 29.4 Å². The van der Waals surface area contributed by atoms with E-state index in [1.807, 2.05) is 0 Å². The Morgan fingerprint density at radius 1 is 0.923 bits per heavy atom. The summed E-state index contributed by atoms with van der Waals surface area (Å²) in [4.78, 5) is 11.0. The van der Waals surface area contributed by atoms with Crippen LogP contribution in [0, 0.1) is 75.4 Å². The summed E-state index contributed by atoms with van der Waals surface area (Å²) in [7, 11) is 0. The molecule has 0 aromatic heterocycles. The Labute approximate surface area is 157 Å². The van der Waals surface area contributed by atoms with Crippen molar-refractivity contribution in [1.82, 2.24) is 0 Å². The molecular weight excluding hydrogens is 318 g/mol. The largest absolute Gasteiger partial charge is 0.151 e. The molecule has 0 aromatic carbocycles. The van der Waals surface area contributed by atoms with Gasteiger partial charge >= 0.3 is 0 Å². The molecule has 140 valence electrons. The molecule has 12 unspecified atom stereocenters. The molecular formula is C24H33NO. The van der Waals surface area contributed by atoms with E-state index in [0.717, 1.165) is 30.1 Å². The van der Waals surface area contributed by atoms with Gasteiger partial charge < -0.3 is 0 Å². The standard InChI is InChI=1S/C24H33NO/c1-24(11-25-26)7-6-12-2-3-13-8-17-20-15-10-16(15)21-18(23(21)22(17)20)9-14(13)4-5-19(12)24/h6,13-23H,2-5,7-11H2,1H3. The summed E-state index contributed by atoms with van der Waals surface area (Å²) in [6.07, 6.45) is 13.9. The van der Waals surface area contributed by atoms with Crippen molar-refractivity contribution < 1.29 is 0 Å². The summed E-state index contributed by atoms with van der Waals surface area (Å²) in [5.41, 5.74) is 1.84. The normalized spacial score (nSPS) is 63.4. The molecule has 0 bridgehead atoms. The summed E-state index contributed by atoms with van der Waals surface area (Å²) >= 11 is 0. The molecule has 0 aliphatic heterocycles. The predicted molar refractivity (Wildman–Crippen MR) is 102 cm³/mol. The predicted octanol–water partition coefficient (Wildman–Crippen LogP) is 5.68. The van der Waals surface area contributed by atoms with Crippen LogP contribution < -0.4 is 0 Å². The van der Waals surface area contributed by atoms with Crippen molar-refractivity contribution in [3.63, 3.8) is 0 Å². The molecule has 0 spiro atoms. The minimum absolute atomic E-state index is 0.134. The Balaban J connectivity index is 1.15. The van der Waals surface area contributed by atoms with Crippen molar-refractivity contribution >= 4 is 0 Å². The van der Waals surface area contributed by atoms with E-state index >= 15 is 0 Å². The first-order valence-corrected chi connectivity index (χ1v) is 11.7. The van der Waals surface area contributed by atoms with Crippen molar-refractivity contribution in [1.29, 1.82) is 0 Å². The van der Waals surface area contributed by atoms with Gasteiger partial charge in [0.2, 0.25) is 0 Å². The van der Waals surface area contributed by atoms with Gasteiger partial charge in [-0.2, -0.15) is 4.91 Å². The summed E-state index contributed by atoms with van der Waals surface area (Å²) in [6, 6.07) is 0. The minimum Gasteiger partial charge on any atom is -0.151 e. The van der Waals surface area contributed by atoms with Crippen LogP contribution in [-0.4, -0.2) is 6.54 Å². The molecule has 2 heteroatoms. The van der Waals surface area contributed by atoms with E-state index in [0.29, 0.717) is 12.5 Å². The summed E-state index contributed by atoms with van der Waals surface area (Å²) < 4.78 is 0. The van der Waals surface area contributed by atoms with Gasteiger partial charge in [0.25, 0.3) is 0 Å². The van der Waals surface area contributed by atoms with Gasteiger partial charge in [0.1, 0.15) is 0 Å². The van der Waals surface area contributed by atoms with Gasteiger partial charge in [-0.05, 0) is 116 Å². The van der Waals surface area contributed by atoms with Crippen LogP contribution in [0.3, 0.4) is 0 Å². The average molecular weight is 352 g/mol. The van der Waals surface area contributed by atoms with Crippen LogP contribution in [0.2, 0.25) is 0 Å². The van der Waals surface area contributed by atoms with Gasteiger partial charge in [-0.25, -0.2) is 0 Å². The zero-order chi connectivity index (χ0) is 17.2. The Bertz CT molecular complexity index is 698. The maximum Gasteiger partial charge on any atom is 0.0873 e. The molecule has 0 N–H and O–H groups in total. The lowest BCUT2D eigenvalue weighted by molar-refractivity contribution is 0.160. The van der Waals surface area contributed by atoms with Gasteiger partial charge in [0.05, 0.1) is 6.54 Å². The van der Waals surface area contributed by atoms with Crippen LogP contribution in [0.4, 0.5) is 0 Å². The quantitative estimate of drug-likeness (QED) is 0.465. The van der Waals surface area contributed by atoms with Gasteiger partial charge in [-0.15, -0.1) is 0 Å². The molecule has 7 aliphatic carbocycles. The molecule has 6 saturated carbocycles. The number of allylic oxidation sites excluding steroid dienone is 2. The van der Waals surface area contributed by atoms with Crippen LogP contribution >= 0.6 is 0 Å². The molecule has 0 aromatic rings. The van der Waals surface area contributed by atoms with Crippen molar-refractivity contribution in [2.45, 2.75) is 58.3 Å². The van der Waals surface area contributed by atoms with Crippen LogP contribution in [0.25, 0.3) is 0 Å². The highest BCUT2D eigenvalue weighted by Gasteiger charge is 2.79. The van der Waals surface area contributed by atoms with Crippen LogP contribution in [0.15, 0.2) is 16.8 Å². The fourth-order valence-corrected chi connectivity index (χ4v) is 9.65. The number of nitrogens with zero attached hydrogens (tertiary/aromatic N) is 1. The van der Waals surface area contributed by atoms with Crippen LogP contribution in [0.1, 0.15) is 58.3 Å². The fourth-order valence-electron chi connectivity index (χ4n) is 9.65. The Morgan fingerprint density at radius 3 is 2.31 bits per heavy atom. The first kappa shape index (κ1) is 15.3. The zero-order valence-electron chi connectivity index (χ0n) is 16.1. The molecule has 6 fully saturated rings. The third-order valence-corrected chi connectivity index (χ3v) is 10.9. The number of rotatable bonds is 2. The Morgan fingerprint density at radius 2 is 1.62 bits per heavy atom. The van der Waals surface area contributed by atoms with E-state index in [4.69, 9.17) is 0 Å². The monoisotopic (exact) mass is 351 g/mol.